The minimum Gasteiger partial charge on any atom is -0.508 e. The molecule has 8 nitrogen and oxygen atoms in total. The quantitative estimate of drug-likeness (QED) is 0.170. The summed E-state index contributed by atoms with van der Waals surface area (Å²) in [6, 6.07) is 19.7. The Morgan fingerprint density at radius 1 is 1.03 bits per heavy atom. The number of para-hydroxylation sites is 1. The smallest absolute Gasteiger partial charge is 0.337 e. The number of hydrogen-bond acceptors (Lipinski definition) is 8. The van der Waals surface area contributed by atoms with Gasteiger partial charge in [0.15, 0.2) is 5.16 Å². The molecule has 0 atom stereocenters. The summed E-state index contributed by atoms with van der Waals surface area (Å²) in [5.74, 6) is -0.240. The number of phenols is 1. The monoisotopic (exact) mass is 486 g/mol. The third kappa shape index (κ3) is 4.29. The number of nitrogens with zero attached hydrogens (tertiary/aromatic N) is 2. The molecule has 0 aliphatic carbocycles. The molecule has 0 radical (unpaired) electrons. The third-order valence-electron chi connectivity index (χ3n) is 5.44. The molecule has 1 N–H and O–H groups in total. The second-order valence-electron chi connectivity index (χ2n) is 7.65. The van der Waals surface area contributed by atoms with Crippen LogP contribution in [0.1, 0.15) is 15.9 Å². The van der Waals surface area contributed by atoms with Crippen molar-refractivity contribution in [2.24, 2.45) is 0 Å². The van der Waals surface area contributed by atoms with Crippen LogP contribution in [-0.2, 0) is 10.5 Å². The maximum atomic E-state index is 13.5. The lowest BCUT2D eigenvalue weighted by molar-refractivity contribution is 0.0601. The predicted octanol–water partition coefficient (Wildman–Crippen LogP) is 4.28. The van der Waals surface area contributed by atoms with Crippen molar-refractivity contribution in [3.63, 3.8) is 0 Å². The number of carbonyl (C=O) groups excluding carboxylic acids is 1. The number of benzene rings is 3. The number of carbonyl (C=O) groups is 1. The van der Waals surface area contributed by atoms with Gasteiger partial charge in [0.2, 0.25) is 0 Å². The topological polar surface area (TPSA) is 112 Å². The van der Waals surface area contributed by atoms with E-state index in [1.54, 1.807) is 24.3 Å². The Bertz CT molecular complexity index is 1710. The van der Waals surface area contributed by atoms with Crippen LogP contribution in [0.2, 0.25) is 0 Å². The van der Waals surface area contributed by atoms with Gasteiger partial charge in [-0.1, -0.05) is 30.0 Å². The molecule has 5 aromatic rings. The number of aromatic hydroxyl groups is 1. The van der Waals surface area contributed by atoms with Gasteiger partial charge in [0.1, 0.15) is 11.3 Å². The molecule has 0 spiro atoms. The lowest BCUT2D eigenvalue weighted by Gasteiger charge is -2.14. The Balaban J connectivity index is 1.66. The van der Waals surface area contributed by atoms with E-state index in [1.165, 1.54) is 53.8 Å². The molecular weight excluding hydrogens is 468 g/mol. The summed E-state index contributed by atoms with van der Waals surface area (Å²) in [6.07, 6.45) is 0. The first-order valence-corrected chi connectivity index (χ1v) is 11.5. The summed E-state index contributed by atoms with van der Waals surface area (Å²) in [5, 5.41) is 11.1. The van der Waals surface area contributed by atoms with Gasteiger partial charge in [0.05, 0.1) is 29.3 Å². The maximum absolute atomic E-state index is 13.5. The number of hydrogen-bond donors (Lipinski definition) is 1. The van der Waals surface area contributed by atoms with Gasteiger partial charge < -0.3 is 14.3 Å². The van der Waals surface area contributed by atoms with Gasteiger partial charge in [0.25, 0.3) is 5.56 Å². The number of fused-ring (bicyclic) bond motifs is 2. The van der Waals surface area contributed by atoms with Crippen LogP contribution in [0, 0.1) is 0 Å². The van der Waals surface area contributed by atoms with Gasteiger partial charge in [0, 0.05) is 23.3 Å². The number of esters is 1. The minimum atomic E-state index is -0.548. The van der Waals surface area contributed by atoms with E-state index in [-0.39, 0.29) is 22.5 Å². The Morgan fingerprint density at radius 2 is 1.80 bits per heavy atom. The molecule has 3 aromatic carbocycles. The fourth-order valence-corrected chi connectivity index (χ4v) is 4.80. The number of rotatable bonds is 5. The lowest BCUT2D eigenvalue weighted by Crippen LogP contribution is -2.22. The average Bonchev–Trinajstić information content (AvgIpc) is 2.86. The van der Waals surface area contributed by atoms with Crippen LogP contribution in [0.15, 0.2) is 92.0 Å². The standard InChI is InChI=1S/C26H18N2O6S/c1-33-25(32)15-7-9-20-21(11-15)27-26(28(24(20)31)17-5-3-2-4-6-17)35-14-16-12-23(30)34-22-13-18(29)8-10-19(16)22/h2-13,29H,14H2,1H3. The van der Waals surface area contributed by atoms with Crippen LogP contribution in [0.5, 0.6) is 5.75 Å². The Kier molecular flexibility index (Phi) is 5.84. The highest BCUT2D eigenvalue weighted by molar-refractivity contribution is 7.98. The van der Waals surface area contributed by atoms with Crippen LogP contribution in [0.25, 0.3) is 27.6 Å². The zero-order chi connectivity index (χ0) is 24.5. The fraction of sp³-hybridized carbons (Fsp3) is 0.0769. The molecule has 35 heavy (non-hydrogen) atoms. The first-order valence-electron chi connectivity index (χ1n) is 10.5. The van der Waals surface area contributed by atoms with Crippen molar-refractivity contribution in [1.29, 1.82) is 0 Å². The summed E-state index contributed by atoms with van der Waals surface area (Å²) in [7, 11) is 1.29. The Morgan fingerprint density at radius 3 is 2.57 bits per heavy atom. The fourth-order valence-electron chi connectivity index (χ4n) is 3.79. The molecule has 0 aliphatic heterocycles. The number of thioether (sulfide) groups is 1. The van der Waals surface area contributed by atoms with Gasteiger partial charge in [-0.05, 0) is 48.0 Å². The Hall–Kier alpha value is -4.37. The van der Waals surface area contributed by atoms with E-state index >= 15 is 0 Å². The molecule has 5 rings (SSSR count). The molecule has 0 fully saturated rings. The van der Waals surface area contributed by atoms with Crippen LogP contribution in [-0.4, -0.2) is 27.7 Å². The molecule has 9 heteroatoms. The van der Waals surface area contributed by atoms with Crippen LogP contribution in [0.3, 0.4) is 0 Å². The van der Waals surface area contributed by atoms with Gasteiger partial charge >= 0.3 is 11.6 Å². The van der Waals surface area contributed by atoms with Crippen molar-refractivity contribution in [3.05, 3.63) is 105 Å². The molecule has 0 bridgehead atoms. The van der Waals surface area contributed by atoms with Crippen LogP contribution >= 0.6 is 11.8 Å². The van der Waals surface area contributed by atoms with E-state index in [1.807, 2.05) is 18.2 Å². The maximum Gasteiger partial charge on any atom is 0.337 e. The van der Waals surface area contributed by atoms with E-state index in [0.29, 0.717) is 38.4 Å². The summed E-state index contributed by atoms with van der Waals surface area (Å²) >= 11 is 1.26. The molecule has 0 saturated carbocycles. The number of phenolic OH excluding ortho intramolecular Hbond substituents is 1. The van der Waals surface area contributed by atoms with Crippen molar-refractivity contribution in [1.82, 2.24) is 9.55 Å². The van der Waals surface area contributed by atoms with Crippen LogP contribution in [0.4, 0.5) is 0 Å². The van der Waals surface area contributed by atoms with E-state index in [4.69, 9.17) is 14.1 Å². The van der Waals surface area contributed by atoms with E-state index < -0.39 is 11.6 Å². The van der Waals surface area contributed by atoms with Crippen molar-refractivity contribution < 1.29 is 19.1 Å². The zero-order valence-electron chi connectivity index (χ0n) is 18.4. The molecule has 2 aromatic heterocycles. The van der Waals surface area contributed by atoms with Gasteiger partial charge in [-0.3, -0.25) is 9.36 Å². The second-order valence-corrected chi connectivity index (χ2v) is 8.60. The molecule has 0 aliphatic rings. The first kappa shape index (κ1) is 22.4. The highest BCUT2D eigenvalue weighted by Gasteiger charge is 2.17. The van der Waals surface area contributed by atoms with Crippen molar-refractivity contribution in [2.75, 3.05) is 7.11 Å². The normalized spacial score (nSPS) is 11.1. The summed E-state index contributed by atoms with van der Waals surface area (Å²) < 4.78 is 11.5. The highest BCUT2D eigenvalue weighted by Crippen LogP contribution is 2.29. The first-order chi connectivity index (χ1) is 16.9. The molecular formula is C26H18N2O6S. The molecule has 174 valence electrons. The summed E-state index contributed by atoms with van der Waals surface area (Å²) in [6.45, 7) is 0. The van der Waals surface area contributed by atoms with Crippen molar-refractivity contribution in [3.8, 4) is 11.4 Å². The lowest BCUT2D eigenvalue weighted by atomic mass is 10.1. The van der Waals surface area contributed by atoms with Gasteiger partial charge in [-0.2, -0.15) is 0 Å². The third-order valence-corrected chi connectivity index (χ3v) is 6.43. The van der Waals surface area contributed by atoms with Crippen molar-refractivity contribution in [2.45, 2.75) is 10.9 Å². The summed E-state index contributed by atoms with van der Waals surface area (Å²) in [5.41, 5.74) is 1.37. The molecule has 0 amide bonds. The highest BCUT2D eigenvalue weighted by atomic mass is 32.2. The largest absolute Gasteiger partial charge is 0.508 e. The van der Waals surface area contributed by atoms with E-state index in [9.17, 15) is 19.5 Å². The molecule has 2 heterocycles. The van der Waals surface area contributed by atoms with E-state index in [2.05, 4.69) is 0 Å². The SMILES string of the molecule is COC(=O)c1ccc2c(=O)n(-c3ccccc3)c(SCc3cc(=O)oc4cc(O)ccc34)nc2c1. The van der Waals surface area contributed by atoms with E-state index in [0.717, 1.165) is 0 Å². The zero-order valence-corrected chi connectivity index (χ0v) is 19.2. The average molecular weight is 487 g/mol. The second kappa shape index (κ2) is 9.11. The predicted molar refractivity (Wildman–Crippen MR) is 132 cm³/mol. The minimum absolute atomic E-state index is 0.0130. The van der Waals surface area contributed by atoms with Crippen molar-refractivity contribution >= 4 is 39.6 Å². The number of methoxy groups -OCH3 is 1. The van der Waals surface area contributed by atoms with Crippen LogP contribution < -0.4 is 11.2 Å². The number of ether oxygens (including phenoxy) is 1. The molecule has 0 saturated heterocycles. The summed E-state index contributed by atoms with van der Waals surface area (Å²) in [4.78, 5) is 42.3. The van der Waals surface area contributed by atoms with Gasteiger partial charge in [-0.25, -0.2) is 14.6 Å². The number of aromatic nitrogens is 2. The molecule has 0 unspecified atom stereocenters. The Labute approximate surface area is 202 Å². The van der Waals surface area contributed by atoms with Gasteiger partial charge in [-0.15, -0.1) is 0 Å².